The lowest BCUT2D eigenvalue weighted by molar-refractivity contribution is -0.228. The standard InChI is InChI=1S/C25H31F3O5S.CH4/c1-5-20(31)33-25(21(32)34-12-26)13(2)8-15-16-10-18(27)17-9-14(29)6-7-22(17,3)24(16,28)19(30)11-23(15,25)4;/h6-7,9,13,15-16,18-19,30H,5,8,10-12H2,1-4H3;1H4/t13-,15?,16?,18+,19+,22+,23+,24+,25+;/m1./s1. The Bertz CT molecular complexity index is 984. The van der Waals surface area contributed by atoms with E-state index in [1.165, 1.54) is 19.1 Å². The molecule has 4 aliphatic rings. The molecule has 0 aromatic heterocycles. The highest BCUT2D eigenvalue weighted by Gasteiger charge is 2.78. The molecule has 2 unspecified atom stereocenters. The van der Waals surface area contributed by atoms with E-state index in [4.69, 9.17) is 4.74 Å². The summed E-state index contributed by atoms with van der Waals surface area (Å²) >= 11 is 0.396. The maximum Gasteiger partial charge on any atom is 0.306 e. The van der Waals surface area contributed by atoms with E-state index in [-0.39, 0.29) is 38.7 Å². The van der Waals surface area contributed by atoms with Gasteiger partial charge >= 0.3 is 5.97 Å². The molecule has 0 aromatic rings. The van der Waals surface area contributed by atoms with Gasteiger partial charge in [-0.05, 0) is 61.6 Å². The number of rotatable bonds is 4. The van der Waals surface area contributed by atoms with Gasteiger partial charge < -0.3 is 9.84 Å². The van der Waals surface area contributed by atoms with Crippen LogP contribution >= 0.6 is 11.8 Å². The molecule has 5 nitrogen and oxygen atoms in total. The van der Waals surface area contributed by atoms with Gasteiger partial charge in [0.1, 0.15) is 12.2 Å². The largest absolute Gasteiger partial charge is 0.449 e. The molecule has 9 atom stereocenters. The Morgan fingerprint density at radius 2 is 1.91 bits per heavy atom. The number of allylic oxidation sites excluding steroid dienone is 4. The smallest absolute Gasteiger partial charge is 0.306 e. The zero-order valence-corrected chi connectivity index (χ0v) is 20.6. The third-order valence-corrected chi connectivity index (χ3v) is 9.90. The van der Waals surface area contributed by atoms with Gasteiger partial charge in [0.15, 0.2) is 17.1 Å². The molecule has 3 fully saturated rings. The first-order valence-corrected chi connectivity index (χ1v) is 12.7. The zero-order valence-electron chi connectivity index (χ0n) is 19.8. The Morgan fingerprint density at radius 1 is 1.26 bits per heavy atom. The molecule has 0 aliphatic heterocycles. The average molecular weight is 517 g/mol. The number of ether oxygens (including phenoxy) is 1. The molecule has 0 spiro atoms. The van der Waals surface area contributed by atoms with Crippen LogP contribution in [0.3, 0.4) is 0 Å². The number of thioether (sulfide) groups is 1. The van der Waals surface area contributed by atoms with E-state index in [0.717, 1.165) is 6.08 Å². The number of esters is 1. The number of aliphatic hydroxyl groups excluding tert-OH is 1. The first kappa shape index (κ1) is 28.0. The second-order valence-corrected chi connectivity index (χ2v) is 11.5. The van der Waals surface area contributed by atoms with Gasteiger partial charge in [-0.25, -0.2) is 13.2 Å². The lowest BCUT2D eigenvalue weighted by Crippen LogP contribution is -2.70. The van der Waals surface area contributed by atoms with E-state index in [9.17, 15) is 23.9 Å². The fraction of sp³-hybridized carbons (Fsp3) is 0.731. The second-order valence-electron chi connectivity index (χ2n) is 10.6. The quantitative estimate of drug-likeness (QED) is 0.526. The van der Waals surface area contributed by atoms with Crippen molar-refractivity contribution in [3.8, 4) is 0 Å². The van der Waals surface area contributed by atoms with Crippen LogP contribution in [0.5, 0.6) is 0 Å². The van der Waals surface area contributed by atoms with E-state index in [0.29, 0.717) is 11.8 Å². The fourth-order valence-electron chi connectivity index (χ4n) is 7.63. The van der Waals surface area contributed by atoms with E-state index >= 15 is 8.78 Å². The summed E-state index contributed by atoms with van der Waals surface area (Å²) in [5.74, 6) is -3.30. The predicted molar refractivity (Wildman–Crippen MR) is 128 cm³/mol. The van der Waals surface area contributed by atoms with Gasteiger partial charge in [0.05, 0.1) is 6.10 Å². The van der Waals surface area contributed by atoms with Crippen LogP contribution in [0.4, 0.5) is 13.2 Å². The highest BCUT2D eigenvalue weighted by molar-refractivity contribution is 8.13. The predicted octanol–water partition coefficient (Wildman–Crippen LogP) is 5.07. The van der Waals surface area contributed by atoms with E-state index in [1.807, 2.05) is 0 Å². The summed E-state index contributed by atoms with van der Waals surface area (Å²) in [5.41, 5.74) is -6.84. The molecule has 4 rings (SSSR count). The monoisotopic (exact) mass is 516 g/mol. The molecular formula is C26H35F3O5S. The summed E-state index contributed by atoms with van der Waals surface area (Å²) in [4.78, 5) is 37.8. The molecule has 0 aromatic carbocycles. The lowest BCUT2D eigenvalue weighted by Gasteiger charge is -2.63. The summed E-state index contributed by atoms with van der Waals surface area (Å²) in [6.45, 7) is 6.45. The van der Waals surface area contributed by atoms with Gasteiger partial charge in [0.2, 0.25) is 5.12 Å². The molecule has 3 saturated carbocycles. The van der Waals surface area contributed by atoms with Gasteiger partial charge in [0, 0.05) is 29.1 Å². The van der Waals surface area contributed by atoms with E-state index in [1.54, 1.807) is 20.8 Å². The number of fused-ring (bicyclic) bond motifs is 5. The number of halogens is 3. The molecule has 0 heterocycles. The van der Waals surface area contributed by atoms with Gasteiger partial charge in [-0.3, -0.25) is 14.4 Å². The summed E-state index contributed by atoms with van der Waals surface area (Å²) in [5, 5.41) is 10.7. The maximum atomic E-state index is 17.2. The van der Waals surface area contributed by atoms with Crippen molar-refractivity contribution in [2.24, 2.45) is 28.6 Å². The van der Waals surface area contributed by atoms with Crippen LogP contribution < -0.4 is 0 Å². The lowest BCUT2D eigenvalue weighted by atomic mass is 9.44. The second kappa shape index (κ2) is 9.05. The first-order valence-electron chi connectivity index (χ1n) is 11.7. The van der Waals surface area contributed by atoms with Crippen LogP contribution in [0.15, 0.2) is 23.8 Å². The van der Waals surface area contributed by atoms with Crippen molar-refractivity contribution in [3.63, 3.8) is 0 Å². The number of carbonyl (C=O) groups excluding carboxylic acids is 3. The Morgan fingerprint density at radius 3 is 2.51 bits per heavy atom. The Hall–Kier alpha value is -1.61. The SMILES string of the molecule is C.CCC(=O)O[C@]1(C(=O)SCF)[C@H](C)CC2C3C[C@H](F)C4=CC(=O)C=C[C@]4(C)[C@@]3(F)[C@@H](O)C[C@@]21C. The van der Waals surface area contributed by atoms with E-state index < -0.39 is 75.0 Å². The van der Waals surface area contributed by atoms with Gasteiger partial charge in [-0.1, -0.05) is 34.3 Å². The maximum absolute atomic E-state index is 17.2. The number of ketones is 1. The molecular weight excluding hydrogens is 481 g/mol. The molecule has 0 amide bonds. The molecule has 196 valence electrons. The van der Waals surface area contributed by atoms with Crippen molar-refractivity contribution >= 4 is 28.6 Å². The van der Waals surface area contributed by atoms with Crippen LogP contribution in [0.2, 0.25) is 0 Å². The number of aliphatic hydroxyl groups is 1. The Labute approximate surface area is 208 Å². The Balaban J connectivity index is 0.00000342. The number of hydrogen-bond donors (Lipinski definition) is 1. The third kappa shape index (κ3) is 3.43. The normalized spacial score (nSPS) is 46.0. The van der Waals surface area contributed by atoms with Crippen LogP contribution in [-0.4, -0.2) is 51.5 Å². The molecule has 0 saturated heterocycles. The third-order valence-electron chi connectivity index (χ3n) is 9.22. The molecule has 4 aliphatic carbocycles. The van der Waals surface area contributed by atoms with Crippen molar-refractivity contribution in [3.05, 3.63) is 23.8 Å². The highest BCUT2D eigenvalue weighted by atomic mass is 32.2. The van der Waals surface area contributed by atoms with Gasteiger partial charge in [-0.15, -0.1) is 0 Å². The topological polar surface area (TPSA) is 80.7 Å². The summed E-state index contributed by atoms with van der Waals surface area (Å²) in [6.07, 6.45) is 0.160. The zero-order chi connectivity index (χ0) is 25.3. The van der Waals surface area contributed by atoms with Gasteiger partial charge in [0.25, 0.3) is 0 Å². The summed E-state index contributed by atoms with van der Waals surface area (Å²) in [7, 11) is 0. The van der Waals surface area contributed by atoms with Crippen molar-refractivity contribution in [2.45, 2.75) is 84.4 Å². The number of hydrogen-bond acceptors (Lipinski definition) is 6. The fourth-order valence-corrected chi connectivity index (χ4v) is 8.42. The van der Waals surface area contributed by atoms with E-state index in [2.05, 4.69) is 0 Å². The molecule has 9 heteroatoms. The van der Waals surface area contributed by atoms with Crippen molar-refractivity contribution in [1.82, 2.24) is 0 Å². The van der Waals surface area contributed by atoms with Gasteiger partial charge in [-0.2, -0.15) is 0 Å². The highest BCUT2D eigenvalue weighted by Crippen LogP contribution is 2.72. The minimum absolute atomic E-state index is 0. The minimum atomic E-state index is -2.30. The Kier molecular flexibility index (Phi) is 7.23. The van der Waals surface area contributed by atoms with Crippen LogP contribution in [-0.2, 0) is 19.1 Å². The van der Waals surface area contributed by atoms with Crippen LogP contribution in [0.25, 0.3) is 0 Å². The average Bonchev–Trinajstić information content (AvgIpc) is 2.99. The molecule has 35 heavy (non-hydrogen) atoms. The van der Waals surface area contributed by atoms with Crippen molar-refractivity contribution in [1.29, 1.82) is 0 Å². The number of alkyl halides is 3. The van der Waals surface area contributed by atoms with Crippen LogP contribution in [0.1, 0.15) is 60.8 Å². The number of carbonyl (C=O) groups is 3. The summed E-state index contributed by atoms with van der Waals surface area (Å²) < 4.78 is 51.8. The van der Waals surface area contributed by atoms with Crippen LogP contribution in [0, 0.1) is 28.6 Å². The molecule has 0 radical (unpaired) electrons. The molecule has 1 N–H and O–H groups in total. The van der Waals surface area contributed by atoms with Crippen molar-refractivity contribution < 1.29 is 37.4 Å². The molecule has 0 bridgehead atoms. The van der Waals surface area contributed by atoms with Crippen molar-refractivity contribution in [2.75, 3.05) is 6.01 Å². The minimum Gasteiger partial charge on any atom is -0.449 e. The first-order chi connectivity index (χ1) is 15.8. The summed E-state index contributed by atoms with van der Waals surface area (Å²) in [6, 6.07) is -1.02.